The molecular weight excluding hydrogens is 412 g/mol. The normalized spacial score (nSPS) is 10.8. The zero-order valence-corrected chi connectivity index (χ0v) is 18.0. The van der Waals surface area contributed by atoms with Crippen LogP contribution in [0.15, 0.2) is 125 Å². The number of nitrogens with zero attached hydrogens (tertiary/aromatic N) is 1. The number of aromatic nitrogens is 1. The Hall–Kier alpha value is -3.89. The quantitative estimate of drug-likeness (QED) is 0.317. The molecule has 0 aliphatic heterocycles. The maximum Gasteiger partial charge on any atom is 0.274 e. The highest BCUT2D eigenvalue weighted by Gasteiger charge is 2.15. The molecule has 1 heterocycles. The Morgan fingerprint density at radius 2 is 1.38 bits per heavy atom. The lowest BCUT2D eigenvalue weighted by Gasteiger charge is -2.16. The lowest BCUT2D eigenvalue weighted by Crippen LogP contribution is -2.14. The van der Waals surface area contributed by atoms with Crippen molar-refractivity contribution in [3.8, 4) is 11.1 Å². The van der Waals surface area contributed by atoms with Gasteiger partial charge in [-0.25, -0.2) is 0 Å². The van der Waals surface area contributed by atoms with E-state index in [0.717, 1.165) is 27.1 Å². The van der Waals surface area contributed by atoms with Crippen LogP contribution in [0.5, 0.6) is 0 Å². The summed E-state index contributed by atoms with van der Waals surface area (Å²) >= 11 is 1.72. The molecule has 0 bridgehead atoms. The first-order chi connectivity index (χ1) is 15.8. The summed E-state index contributed by atoms with van der Waals surface area (Å²) in [5.74, 6) is -0.226. The Morgan fingerprint density at radius 3 is 2.16 bits per heavy atom. The van der Waals surface area contributed by atoms with Crippen LogP contribution in [-0.2, 0) is 0 Å². The van der Waals surface area contributed by atoms with Crippen molar-refractivity contribution in [3.05, 3.63) is 121 Å². The van der Waals surface area contributed by atoms with Crippen LogP contribution in [0, 0.1) is 0 Å². The zero-order chi connectivity index (χ0) is 21.8. The Kier molecular flexibility index (Phi) is 5.69. The third-order valence-electron chi connectivity index (χ3n) is 5.18. The van der Waals surface area contributed by atoms with E-state index < -0.39 is 0 Å². The molecule has 0 saturated carbocycles. The fourth-order valence-electron chi connectivity index (χ4n) is 3.64. The smallest absolute Gasteiger partial charge is 0.274 e. The van der Waals surface area contributed by atoms with Crippen molar-refractivity contribution in [2.75, 3.05) is 5.32 Å². The number of hydrogen-bond acceptors (Lipinski definition) is 3. The second-order valence-electron chi connectivity index (χ2n) is 7.33. The van der Waals surface area contributed by atoms with Gasteiger partial charge in [0.2, 0.25) is 0 Å². The van der Waals surface area contributed by atoms with Gasteiger partial charge in [-0.3, -0.25) is 9.78 Å². The minimum absolute atomic E-state index is 0.226. The van der Waals surface area contributed by atoms with E-state index in [9.17, 15) is 4.79 Å². The van der Waals surface area contributed by atoms with Crippen LogP contribution in [0.25, 0.3) is 21.9 Å². The van der Waals surface area contributed by atoms with Gasteiger partial charge < -0.3 is 5.32 Å². The predicted molar refractivity (Wildman–Crippen MR) is 132 cm³/mol. The lowest BCUT2D eigenvalue weighted by atomic mass is 9.99. The minimum Gasteiger partial charge on any atom is -0.320 e. The van der Waals surface area contributed by atoms with Gasteiger partial charge in [-0.2, -0.15) is 0 Å². The van der Waals surface area contributed by atoms with Gasteiger partial charge >= 0.3 is 0 Å². The molecule has 0 saturated heterocycles. The molecule has 4 aromatic carbocycles. The van der Waals surface area contributed by atoms with E-state index in [1.165, 1.54) is 10.3 Å². The highest BCUT2D eigenvalue weighted by molar-refractivity contribution is 7.99. The number of carbonyl (C=O) groups is 1. The summed E-state index contributed by atoms with van der Waals surface area (Å²) in [6, 6.07) is 36.3. The summed E-state index contributed by atoms with van der Waals surface area (Å²) in [4.78, 5) is 19.3. The number of rotatable bonds is 5. The zero-order valence-electron chi connectivity index (χ0n) is 17.2. The molecule has 1 aromatic heterocycles. The molecule has 4 heteroatoms. The number of amides is 1. The highest BCUT2D eigenvalue weighted by Crippen LogP contribution is 2.41. The van der Waals surface area contributed by atoms with Crippen molar-refractivity contribution in [2.24, 2.45) is 0 Å². The number of benzene rings is 4. The standard InChI is InChI=1S/C28H20N2OS/c31-28(26-16-8-9-17-29-26)30-25-15-7-6-14-23(25)24-18-20-10-4-5-11-21(20)19-27(24)32-22-12-2-1-3-13-22/h1-19H,(H,30,31). The predicted octanol–water partition coefficient (Wildman–Crippen LogP) is 7.31. The van der Waals surface area contributed by atoms with Gasteiger partial charge in [-0.1, -0.05) is 78.5 Å². The summed E-state index contributed by atoms with van der Waals surface area (Å²) in [6.45, 7) is 0. The maximum absolute atomic E-state index is 12.8. The maximum atomic E-state index is 12.8. The van der Waals surface area contributed by atoms with Gasteiger partial charge in [-0.15, -0.1) is 0 Å². The minimum atomic E-state index is -0.226. The number of pyridine rings is 1. The number of para-hydroxylation sites is 1. The van der Waals surface area contributed by atoms with E-state index in [1.807, 2.05) is 54.6 Å². The number of fused-ring (bicyclic) bond motifs is 1. The largest absolute Gasteiger partial charge is 0.320 e. The topological polar surface area (TPSA) is 42.0 Å². The van der Waals surface area contributed by atoms with Gasteiger partial charge in [0.05, 0.1) is 0 Å². The Morgan fingerprint density at radius 1 is 0.688 bits per heavy atom. The Balaban J connectivity index is 1.61. The van der Waals surface area contributed by atoms with Crippen LogP contribution in [0.3, 0.4) is 0 Å². The van der Waals surface area contributed by atoms with Gasteiger partial charge in [-0.05, 0) is 58.8 Å². The van der Waals surface area contributed by atoms with Crippen molar-refractivity contribution in [1.82, 2.24) is 4.98 Å². The van der Waals surface area contributed by atoms with Gasteiger partial charge in [0.1, 0.15) is 5.69 Å². The second-order valence-corrected chi connectivity index (χ2v) is 8.44. The molecule has 32 heavy (non-hydrogen) atoms. The average Bonchev–Trinajstić information content (AvgIpc) is 2.85. The summed E-state index contributed by atoms with van der Waals surface area (Å²) < 4.78 is 0. The van der Waals surface area contributed by atoms with Crippen molar-refractivity contribution in [3.63, 3.8) is 0 Å². The van der Waals surface area contributed by atoms with E-state index in [-0.39, 0.29) is 5.91 Å². The molecule has 0 fully saturated rings. The van der Waals surface area contributed by atoms with E-state index in [2.05, 4.69) is 52.8 Å². The molecule has 3 nitrogen and oxygen atoms in total. The molecule has 1 N–H and O–H groups in total. The molecule has 0 aliphatic carbocycles. The average molecular weight is 433 g/mol. The first-order valence-corrected chi connectivity index (χ1v) is 11.2. The molecule has 0 atom stereocenters. The first-order valence-electron chi connectivity index (χ1n) is 10.4. The van der Waals surface area contributed by atoms with Gasteiger partial charge in [0, 0.05) is 27.2 Å². The van der Waals surface area contributed by atoms with Crippen LogP contribution in [0.4, 0.5) is 5.69 Å². The van der Waals surface area contributed by atoms with Crippen LogP contribution in [-0.4, -0.2) is 10.9 Å². The van der Waals surface area contributed by atoms with Crippen molar-refractivity contribution in [1.29, 1.82) is 0 Å². The molecule has 5 aromatic rings. The molecule has 0 aliphatic rings. The van der Waals surface area contributed by atoms with Gasteiger partial charge in [0.25, 0.3) is 5.91 Å². The van der Waals surface area contributed by atoms with Crippen LogP contribution < -0.4 is 5.32 Å². The molecule has 5 rings (SSSR count). The molecule has 0 radical (unpaired) electrons. The van der Waals surface area contributed by atoms with Crippen molar-refractivity contribution < 1.29 is 4.79 Å². The third-order valence-corrected chi connectivity index (χ3v) is 6.25. The first kappa shape index (κ1) is 20.0. The fourth-order valence-corrected chi connectivity index (χ4v) is 4.65. The molecule has 154 valence electrons. The SMILES string of the molecule is O=C(Nc1ccccc1-c1cc2ccccc2cc1Sc1ccccc1)c1ccccn1. The number of nitrogens with one attached hydrogen (secondary N) is 1. The molecule has 0 unspecified atom stereocenters. The second kappa shape index (κ2) is 9.08. The van der Waals surface area contributed by atoms with Crippen molar-refractivity contribution >= 4 is 34.1 Å². The van der Waals surface area contributed by atoms with E-state index in [1.54, 1.807) is 30.1 Å². The summed E-state index contributed by atoms with van der Waals surface area (Å²) in [5.41, 5.74) is 3.20. The van der Waals surface area contributed by atoms with Gasteiger partial charge in [0.15, 0.2) is 0 Å². The van der Waals surface area contributed by atoms with Crippen molar-refractivity contribution in [2.45, 2.75) is 9.79 Å². The van der Waals surface area contributed by atoms with Crippen LogP contribution in [0.1, 0.15) is 10.5 Å². The molecule has 0 spiro atoms. The molecule has 1 amide bonds. The Bertz CT molecular complexity index is 1380. The number of anilines is 1. The van der Waals surface area contributed by atoms with E-state index in [0.29, 0.717) is 5.69 Å². The van der Waals surface area contributed by atoms with Crippen LogP contribution in [0.2, 0.25) is 0 Å². The Labute approximate surface area is 191 Å². The van der Waals surface area contributed by atoms with E-state index in [4.69, 9.17) is 0 Å². The highest BCUT2D eigenvalue weighted by atomic mass is 32.2. The monoisotopic (exact) mass is 432 g/mol. The summed E-state index contributed by atoms with van der Waals surface area (Å²) in [5, 5.41) is 5.40. The third kappa shape index (κ3) is 4.27. The lowest BCUT2D eigenvalue weighted by molar-refractivity contribution is 0.102. The molecular formula is C28H20N2OS. The summed E-state index contributed by atoms with van der Waals surface area (Å²) in [7, 11) is 0. The fraction of sp³-hybridized carbons (Fsp3) is 0. The number of hydrogen-bond donors (Lipinski definition) is 1. The van der Waals surface area contributed by atoms with Crippen LogP contribution >= 0.6 is 11.8 Å². The number of carbonyl (C=O) groups excluding carboxylic acids is 1. The van der Waals surface area contributed by atoms with E-state index >= 15 is 0 Å². The summed E-state index contributed by atoms with van der Waals surface area (Å²) in [6.07, 6.45) is 1.62.